The zero-order valence-corrected chi connectivity index (χ0v) is 14.7. The summed E-state index contributed by atoms with van der Waals surface area (Å²) in [6.07, 6.45) is 2.93. The van der Waals surface area contributed by atoms with E-state index in [4.69, 9.17) is 23.7 Å². The number of hydrogen-bond acceptors (Lipinski definition) is 6. The number of benzene rings is 1. The number of carbonyl (C=O) groups is 1. The number of aromatic hydroxyl groups is 1. The minimum Gasteiger partial charge on any atom is -0.508 e. The van der Waals surface area contributed by atoms with Crippen LogP contribution in [0.4, 0.5) is 0 Å². The number of nitrogens with one attached hydrogen (secondary N) is 2. The van der Waals surface area contributed by atoms with Crippen molar-refractivity contribution >= 4 is 29.5 Å². The standard InChI is InChI=1S/C16H25N5O3S/c17-16(18)19-7-1-2-12(21-24)9-15(25)20-13(10-22)8-11-3-5-14(23)6-4-11/h3-6,10,12-13,21,23-24H,1-2,7-9H2,(H,20,25)(H4,17,18,19). The van der Waals surface area contributed by atoms with Crippen molar-refractivity contribution in [3.63, 3.8) is 0 Å². The molecule has 0 aliphatic carbocycles. The molecule has 0 amide bonds. The molecule has 25 heavy (non-hydrogen) atoms. The van der Waals surface area contributed by atoms with Crippen molar-refractivity contribution in [2.24, 2.45) is 16.5 Å². The molecule has 0 heterocycles. The predicted molar refractivity (Wildman–Crippen MR) is 101 cm³/mol. The Bertz CT molecular complexity index is 576. The van der Waals surface area contributed by atoms with E-state index in [9.17, 15) is 15.1 Å². The van der Waals surface area contributed by atoms with Crippen molar-refractivity contribution in [1.82, 2.24) is 10.8 Å². The lowest BCUT2D eigenvalue weighted by molar-refractivity contribution is -0.109. The van der Waals surface area contributed by atoms with E-state index in [1.807, 2.05) is 0 Å². The molecule has 0 saturated carbocycles. The summed E-state index contributed by atoms with van der Waals surface area (Å²) in [5.41, 5.74) is 13.6. The number of guanidine groups is 1. The van der Waals surface area contributed by atoms with Gasteiger partial charge in [-0.05, 0) is 37.0 Å². The molecule has 0 fully saturated rings. The van der Waals surface area contributed by atoms with Crippen molar-refractivity contribution in [3.05, 3.63) is 29.8 Å². The summed E-state index contributed by atoms with van der Waals surface area (Å²) in [4.78, 5) is 15.6. The molecule has 2 unspecified atom stereocenters. The molecule has 2 atom stereocenters. The summed E-state index contributed by atoms with van der Waals surface area (Å²) in [6, 6.07) is 5.90. The first kappa shape index (κ1) is 20.8. The predicted octanol–water partition coefficient (Wildman–Crippen LogP) is 0.210. The van der Waals surface area contributed by atoms with Crippen molar-refractivity contribution < 1.29 is 15.1 Å². The average Bonchev–Trinajstić information content (AvgIpc) is 2.58. The molecule has 1 aromatic carbocycles. The van der Waals surface area contributed by atoms with Gasteiger partial charge in [-0.3, -0.25) is 4.99 Å². The van der Waals surface area contributed by atoms with Crippen LogP contribution in [0.3, 0.4) is 0 Å². The van der Waals surface area contributed by atoms with E-state index < -0.39 is 6.04 Å². The van der Waals surface area contributed by atoms with Crippen LogP contribution in [0, 0.1) is 0 Å². The third-order valence-corrected chi connectivity index (χ3v) is 3.81. The van der Waals surface area contributed by atoms with E-state index in [0.29, 0.717) is 37.2 Å². The molecule has 8 nitrogen and oxygen atoms in total. The lowest BCUT2D eigenvalue weighted by Crippen LogP contribution is -2.40. The number of thiocarbonyl (C=S) groups is 1. The van der Waals surface area contributed by atoms with Gasteiger partial charge in [0.25, 0.3) is 0 Å². The van der Waals surface area contributed by atoms with Crippen LogP contribution in [0.5, 0.6) is 5.75 Å². The lowest BCUT2D eigenvalue weighted by atomic mass is 10.1. The van der Waals surface area contributed by atoms with Gasteiger partial charge in [0.15, 0.2) is 5.96 Å². The molecule has 0 aliphatic rings. The van der Waals surface area contributed by atoms with E-state index in [1.165, 1.54) is 0 Å². The maximum absolute atomic E-state index is 11.3. The second kappa shape index (κ2) is 11.3. The van der Waals surface area contributed by atoms with Gasteiger partial charge in [-0.25, -0.2) is 5.48 Å². The summed E-state index contributed by atoms with van der Waals surface area (Å²) in [5, 5.41) is 21.5. The highest BCUT2D eigenvalue weighted by molar-refractivity contribution is 7.80. The Hall–Kier alpha value is -2.23. The lowest BCUT2D eigenvalue weighted by Gasteiger charge is -2.19. The first-order valence-electron chi connectivity index (χ1n) is 7.92. The van der Waals surface area contributed by atoms with E-state index in [2.05, 4.69) is 15.8 Å². The van der Waals surface area contributed by atoms with Crippen LogP contribution in [0.25, 0.3) is 0 Å². The van der Waals surface area contributed by atoms with Crippen molar-refractivity contribution in [1.29, 1.82) is 0 Å². The number of carbonyl (C=O) groups excluding carboxylic acids is 1. The van der Waals surface area contributed by atoms with Gasteiger partial charge in [0.05, 0.1) is 11.0 Å². The summed E-state index contributed by atoms with van der Waals surface area (Å²) in [6.45, 7) is 0.471. The number of hydroxylamine groups is 1. The molecule has 0 radical (unpaired) electrons. The molecule has 1 rings (SSSR count). The Kier molecular flexibility index (Phi) is 9.45. The van der Waals surface area contributed by atoms with Crippen LogP contribution in [-0.4, -0.2) is 46.2 Å². The highest BCUT2D eigenvalue weighted by atomic mass is 32.1. The third kappa shape index (κ3) is 8.99. The van der Waals surface area contributed by atoms with Crippen LogP contribution in [-0.2, 0) is 11.2 Å². The average molecular weight is 367 g/mol. The molecule has 0 bridgehead atoms. The summed E-state index contributed by atoms with van der Waals surface area (Å²) in [5.74, 6) is 0.209. The number of aldehydes is 1. The van der Waals surface area contributed by atoms with Gasteiger partial charge in [0.1, 0.15) is 12.0 Å². The van der Waals surface area contributed by atoms with Gasteiger partial charge in [0.2, 0.25) is 0 Å². The van der Waals surface area contributed by atoms with E-state index in [0.717, 1.165) is 11.8 Å². The van der Waals surface area contributed by atoms with E-state index >= 15 is 0 Å². The van der Waals surface area contributed by atoms with Gasteiger partial charge in [0, 0.05) is 19.0 Å². The number of aliphatic imine (C=N–C) groups is 1. The molecule has 0 saturated heterocycles. The number of rotatable bonds is 11. The van der Waals surface area contributed by atoms with E-state index in [-0.39, 0.29) is 17.8 Å². The number of phenols is 1. The maximum atomic E-state index is 11.3. The Labute approximate surface area is 152 Å². The Morgan fingerprint density at radius 2 is 2.00 bits per heavy atom. The van der Waals surface area contributed by atoms with Gasteiger partial charge in [-0.1, -0.05) is 24.4 Å². The minimum absolute atomic E-state index is 0.0359. The molecule has 9 heteroatoms. The smallest absolute Gasteiger partial charge is 0.185 e. The quantitative estimate of drug-likeness (QED) is 0.0812. The zero-order chi connectivity index (χ0) is 18.7. The van der Waals surface area contributed by atoms with Crippen LogP contribution in [0.2, 0.25) is 0 Å². The summed E-state index contributed by atoms with van der Waals surface area (Å²) < 4.78 is 0. The Balaban J connectivity index is 2.44. The molecule has 138 valence electrons. The maximum Gasteiger partial charge on any atom is 0.185 e. The SMILES string of the molecule is NC(N)=NCCCC(CC(=S)NC(C=O)Cc1ccc(O)cc1)NO. The van der Waals surface area contributed by atoms with Crippen molar-refractivity contribution in [2.75, 3.05) is 6.54 Å². The number of phenolic OH excluding ortho intramolecular Hbond substituents is 1. The van der Waals surface area contributed by atoms with Gasteiger partial charge < -0.3 is 31.9 Å². The summed E-state index contributed by atoms with van der Waals surface area (Å²) >= 11 is 5.27. The fraction of sp³-hybridized carbons (Fsp3) is 0.438. The highest BCUT2D eigenvalue weighted by Gasteiger charge is 2.14. The first-order chi connectivity index (χ1) is 11.9. The van der Waals surface area contributed by atoms with E-state index in [1.54, 1.807) is 24.3 Å². The molecule has 8 N–H and O–H groups in total. The minimum atomic E-state index is -0.474. The number of nitrogens with two attached hydrogens (primary N) is 2. The van der Waals surface area contributed by atoms with Crippen LogP contribution < -0.4 is 22.3 Å². The second-order valence-corrected chi connectivity index (χ2v) is 6.15. The normalized spacial score (nSPS) is 12.8. The molecule has 1 aromatic rings. The second-order valence-electron chi connectivity index (χ2n) is 5.66. The third-order valence-electron chi connectivity index (χ3n) is 3.52. The van der Waals surface area contributed by atoms with Gasteiger partial charge in [-0.15, -0.1) is 0 Å². The largest absolute Gasteiger partial charge is 0.508 e. The van der Waals surface area contributed by atoms with Gasteiger partial charge in [-0.2, -0.15) is 0 Å². The molecular formula is C16H25N5O3S. The summed E-state index contributed by atoms with van der Waals surface area (Å²) in [7, 11) is 0. The number of nitrogens with zero attached hydrogens (tertiary/aromatic N) is 1. The fourth-order valence-electron chi connectivity index (χ4n) is 2.27. The van der Waals surface area contributed by atoms with Crippen molar-refractivity contribution in [3.8, 4) is 5.75 Å². The van der Waals surface area contributed by atoms with Crippen LogP contribution in [0.15, 0.2) is 29.3 Å². The topological polar surface area (TPSA) is 146 Å². The zero-order valence-electron chi connectivity index (χ0n) is 13.9. The Morgan fingerprint density at radius 3 is 2.56 bits per heavy atom. The molecular weight excluding hydrogens is 342 g/mol. The fourth-order valence-corrected chi connectivity index (χ4v) is 2.62. The van der Waals surface area contributed by atoms with Gasteiger partial charge >= 0.3 is 0 Å². The monoisotopic (exact) mass is 367 g/mol. The molecule has 0 aliphatic heterocycles. The van der Waals surface area contributed by atoms with Crippen LogP contribution in [0.1, 0.15) is 24.8 Å². The highest BCUT2D eigenvalue weighted by Crippen LogP contribution is 2.11. The molecule has 0 spiro atoms. The van der Waals surface area contributed by atoms with Crippen molar-refractivity contribution in [2.45, 2.75) is 37.8 Å². The first-order valence-corrected chi connectivity index (χ1v) is 8.33. The molecule has 0 aromatic heterocycles. The number of hydrogen-bond donors (Lipinski definition) is 6. The van der Waals surface area contributed by atoms with Crippen LogP contribution >= 0.6 is 12.2 Å². The Morgan fingerprint density at radius 1 is 1.32 bits per heavy atom.